The molecule has 4 nitrogen and oxygen atoms in total. The zero-order chi connectivity index (χ0) is 14.4. The molecule has 7 heteroatoms. The van der Waals surface area contributed by atoms with Gasteiger partial charge in [0, 0.05) is 0 Å². The van der Waals surface area contributed by atoms with Crippen LogP contribution in [0, 0.1) is 11.6 Å². The van der Waals surface area contributed by atoms with Crippen LogP contribution in [0.4, 0.5) is 20.2 Å². The Hall–Kier alpha value is -2.41. The van der Waals surface area contributed by atoms with Gasteiger partial charge in [-0.05, 0) is 36.5 Å². The van der Waals surface area contributed by atoms with Crippen molar-refractivity contribution in [3.8, 4) is 0 Å². The van der Waals surface area contributed by atoms with Crippen molar-refractivity contribution in [2.75, 3.05) is 5.43 Å². The van der Waals surface area contributed by atoms with E-state index in [0.29, 0.717) is 0 Å². The molecule has 2 rings (SSSR count). The minimum Gasteiger partial charge on any atom is -0.296 e. The number of para-hydroxylation sites is 1. The maximum Gasteiger partial charge on any atom is 0.232 e. The van der Waals surface area contributed by atoms with E-state index in [0.717, 1.165) is 0 Å². The molecule has 0 atom stereocenters. The number of nitrogens with zero attached hydrogens (tertiary/aromatic N) is 2. The van der Waals surface area contributed by atoms with Gasteiger partial charge in [-0.1, -0.05) is 24.3 Å². The molecule has 0 amide bonds. The lowest BCUT2D eigenvalue weighted by Crippen LogP contribution is -2.26. The highest BCUT2D eigenvalue weighted by Gasteiger charge is 2.01. The Balaban J connectivity index is 1.93. The standard InChI is InChI=1S/C13H10F2N4S/c14-9-5-1-3-7-11(9)16-18-13(20)19-17-12-8-4-2-6-10(12)15/h1-8,16H,(H,18,20). The third kappa shape index (κ3) is 3.79. The molecule has 0 spiro atoms. The summed E-state index contributed by atoms with van der Waals surface area (Å²) in [5.41, 5.74) is 5.33. The van der Waals surface area contributed by atoms with Crippen LogP contribution in [0.2, 0.25) is 0 Å². The highest BCUT2D eigenvalue weighted by molar-refractivity contribution is 7.80. The first kappa shape index (κ1) is 14.0. The number of hydrazine groups is 1. The van der Waals surface area contributed by atoms with Crippen LogP contribution in [0.15, 0.2) is 58.8 Å². The van der Waals surface area contributed by atoms with Crippen LogP contribution in [0.25, 0.3) is 0 Å². The molecule has 2 aromatic rings. The summed E-state index contributed by atoms with van der Waals surface area (Å²) in [6, 6.07) is 12.0. The molecule has 0 aliphatic carbocycles. The van der Waals surface area contributed by atoms with Gasteiger partial charge in [-0.25, -0.2) is 8.78 Å². The lowest BCUT2D eigenvalue weighted by molar-refractivity contribution is 0.628. The third-order valence-electron chi connectivity index (χ3n) is 2.28. The number of hydrogen-bond acceptors (Lipinski definition) is 3. The zero-order valence-electron chi connectivity index (χ0n) is 10.2. The van der Waals surface area contributed by atoms with Gasteiger partial charge in [0.05, 0.1) is 5.69 Å². The number of rotatable bonds is 3. The molecule has 0 radical (unpaired) electrons. The molecule has 0 fully saturated rings. The van der Waals surface area contributed by atoms with E-state index in [2.05, 4.69) is 21.1 Å². The van der Waals surface area contributed by atoms with Crippen LogP contribution >= 0.6 is 12.2 Å². The second kappa shape index (κ2) is 6.67. The average molecular weight is 292 g/mol. The Labute approximate surface area is 119 Å². The summed E-state index contributed by atoms with van der Waals surface area (Å²) in [5, 5.41) is 7.23. The van der Waals surface area contributed by atoms with Crippen molar-refractivity contribution >= 4 is 28.7 Å². The van der Waals surface area contributed by atoms with Gasteiger partial charge in [-0.3, -0.25) is 10.9 Å². The number of hydrogen-bond donors (Lipinski definition) is 2. The average Bonchev–Trinajstić information content (AvgIpc) is 2.45. The van der Waals surface area contributed by atoms with Crippen LogP contribution in [-0.4, -0.2) is 5.11 Å². The highest BCUT2D eigenvalue weighted by atomic mass is 32.1. The summed E-state index contributed by atoms with van der Waals surface area (Å²) < 4.78 is 26.6. The summed E-state index contributed by atoms with van der Waals surface area (Å²) >= 11 is 4.86. The maximum atomic E-state index is 13.3. The maximum absolute atomic E-state index is 13.3. The van der Waals surface area contributed by atoms with Crippen molar-refractivity contribution in [2.24, 2.45) is 10.2 Å². The molecule has 0 bridgehead atoms. The number of nitrogens with one attached hydrogen (secondary N) is 2. The fourth-order valence-corrected chi connectivity index (χ4v) is 1.43. The summed E-state index contributed by atoms with van der Waals surface area (Å²) in [7, 11) is 0. The number of thiocarbonyl (C=S) groups is 1. The van der Waals surface area contributed by atoms with Crippen LogP contribution in [0.1, 0.15) is 0 Å². The number of benzene rings is 2. The van der Waals surface area contributed by atoms with E-state index in [-0.39, 0.29) is 16.5 Å². The molecule has 0 saturated heterocycles. The quantitative estimate of drug-likeness (QED) is 0.511. The van der Waals surface area contributed by atoms with Crippen molar-refractivity contribution in [1.82, 2.24) is 5.43 Å². The van der Waals surface area contributed by atoms with E-state index in [4.69, 9.17) is 12.2 Å². The van der Waals surface area contributed by atoms with Crippen molar-refractivity contribution in [2.45, 2.75) is 0 Å². The first-order chi connectivity index (χ1) is 9.66. The summed E-state index contributed by atoms with van der Waals surface area (Å²) in [4.78, 5) is 0. The molecular weight excluding hydrogens is 282 g/mol. The van der Waals surface area contributed by atoms with Crippen LogP contribution < -0.4 is 10.9 Å². The van der Waals surface area contributed by atoms with Crippen molar-refractivity contribution in [3.05, 3.63) is 60.2 Å². The minimum atomic E-state index is -0.499. The fourth-order valence-electron chi connectivity index (χ4n) is 1.34. The lowest BCUT2D eigenvalue weighted by atomic mass is 10.3. The molecule has 2 N–H and O–H groups in total. The van der Waals surface area contributed by atoms with E-state index in [9.17, 15) is 8.78 Å². The molecule has 20 heavy (non-hydrogen) atoms. The van der Waals surface area contributed by atoms with Gasteiger partial charge in [0.15, 0.2) is 5.82 Å². The fraction of sp³-hybridized carbons (Fsp3) is 0. The molecule has 0 saturated carbocycles. The Morgan fingerprint density at radius 1 is 0.950 bits per heavy atom. The molecule has 0 aliphatic heterocycles. The summed E-state index contributed by atoms with van der Waals surface area (Å²) in [6.07, 6.45) is 0. The van der Waals surface area contributed by atoms with E-state index < -0.39 is 11.6 Å². The van der Waals surface area contributed by atoms with Crippen molar-refractivity contribution in [3.63, 3.8) is 0 Å². The van der Waals surface area contributed by atoms with Gasteiger partial charge in [0.25, 0.3) is 0 Å². The monoisotopic (exact) mass is 292 g/mol. The van der Waals surface area contributed by atoms with Crippen LogP contribution in [0.5, 0.6) is 0 Å². The molecule has 0 unspecified atom stereocenters. The van der Waals surface area contributed by atoms with E-state index in [1.165, 1.54) is 24.3 Å². The smallest absolute Gasteiger partial charge is 0.232 e. The Morgan fingerprint density at radius 3 is 2.30 bits per heavy atom. The van der Waals surface area contributed by atoms with Gasteiger partial charge in [-0.2, -0.15) is 0 Å². The van der Waals surface area contributed by atoms with Crippen molar-refractivity contribution in [1.29, 1.82) is 0 Å². The van der Waals surface area contributed by atoms with Crippen LogP contribution in [-0.2, 0) is 0 Å². The predicted octanol–water partition coefficient (Wildman–Crippen LogP) is 3.95. The third-order valence-corrected chi connectivity index (χ3v) is 2.46. The molecule has 0 heterocycles. The normalized spacial score (nSPS) is 10.5. The Bertz CT molecular complexity index is 646. The number of azo groups is 1. The highest BCUT2D eigenvalue weighted by Crippen LogP contribution is 2.16. The first-order valence-corrected chi connectivity index (χ1v) is 6.04. The Morgan fingerprint density at radius 2 is 1.60 bits per heavy atom. The topological polar surface area (TPSA) is 48.8 Å². The van der Waals surface area contributed by atoms with Gasteiger partial charge in [0.1, 0.15) is 11.5 Å². The van der Waals surface area contributed by atoms with Gasteiger partial charge >= 0.3 is 0 Å². The molecular formula is C13H10F2N4S. The van der Waals surface area contributed by atoms with E-state index in [1.807, 2.05) is 0 Å². The number of anilines is 1. The lowest BCUT2D eigenvalue weighted by Gasteiger charge is -2.07. The second-order valence-corrected chi connectivity index (χ2v) is 4.07. The minimum absolute atomic E-state index is 0.0449. The molecule has 0 aromatic heterocycles. The molecule has 102 valence electrons. The zero-order valence-corrected chi connectivity index (χ0v) is 11.0. The first-order valence-electron chi connectivity index (χ1n) is 5.63. The summed E-state index contributed by atoms with van der Waals surface area (Å²) in [6.45, 7) is 0. The second-order valence-electron chi connectivity index (χ2n) is 3.69. The summed E-state index contributed by atoms with van der Waals surface area (Å²) in [5.74, 6) is -0.935. The van der Waals surface area contributed by atoms with Gasteiger partial charge < -0.3 is 0 Å². The van der Waals surface area contributed by atoms with E-state index >= 15 is 0 Å². The SMILES string of the molecule is Fc1ccccc1N=NC(=S)NNc1ccccc1F. The van der Waals surface area contributed by atoms with E-state index in [1.54, 1.807) is 24.3 Å². The Kier molecular flexibility index (Phi) is 4.67. The number of halogens is 2. The predicted molar refractivity (Wildman–Crippen MR) is 76.7 cm³/mol. The van der Waals surface area contributed by atoms with Crippen LogP contribution in [0.3, 0.4) is 0 Å². The van der Waals surface area contributed by atoms with Crippen molar-refractivity contribution < 1.29 is 8.78 Å². The molecule has 0 aliphatic rings. The molecule has 2 aromatic carbocycles. The largest absolute Gasteiger partial charge is 0.296 e. The van der Waals surface area contributed by atoms with Gasteiger partial charge in [-0.15, -0.1) is 10.2 Å². The van der Waals surface area contributed by atoms with Gasteiger partial charge in [0.2, 0.25) is 5.11 Å².